The summed E-state index contributed by atoms with van der Waals surface area (Å²) in [6, 6.07) is 0. The van der Waals surface area contributed by atoms with E-state index in [-0.39, 0.29) is 0 Å². The molecular weight excluding hydrogens is 160 g/mol. The highest BCUT2D eigenvalue weighted by atomic mass is 15.2. The smallest absolute Gasteiger partial charge is 0.0230 e. The molecule has 0 aliphatic carbocycles. The van der Waals surface area contributed by atoms with Crippen molar-refractivity contribution in [3.8, 4) is 0 Å². The molecule has 0 radical (unpaired) electrons. The second kappa shape index (κ2) is 3.58. The quantitative estimate of drug-likeness (QED) is 0.561. The molecule has 0 saturated carbocycles. The Bertz CT molecular complexity index is 171. The molecule has 0 atom stereocenters. The Hall–Kier alpha value is -0.0800. The van der Waals surface area contributed by atoms with Crippen LogP contribution in [0.25, 0.3) is 0 Å². The van der Waals surface area contributed by atoms with Crippen molar-refractivity contribution >= 4 is 0 Å². The van der Waals surface area contributed by atoms with Gasteiger partial charge in [0.05, 0.1) is 0 Å². The highest BCUT2D eigenvalue weighted by molar-refractivity contribution is 4.95. The molecular formula is C11H22N2. The van der Waals surface area contributed by atoms with Gasteiger partial charge in [0.25, 0.3) is 0 Å². The van der Waals surface area contributed by atoms with E-state index in [9.17, 15) is 0 Å². The summed E-state index contributed by atoms with van der Waals surface area (Å²) in [6.07, 6.45) is 7.08. The van der Waals surface area contributed by atoms with E-state index in [4.69, 9.17) is 0 Å². The maximum absolute atomic E-state index is 2.63. The van der Waals surface area contributed by atoms with E-state index in [2.05, 4.69) is 23.9 Å². The van der Waals surface area contributed by atoms with E-state index in [0.717, 1.165) is 0 Å². The van der Waals surface area contributed by atoms with E-state index in [1.165, 1.54) is 51.7 Å². The summed E-state index contributed by atoms with van der Waals surface area (Å²) >= 11 is 0. The van der Waals surface area contributed by atoms with Crippen LogP contribution < -0.4 is 0 Å². The SMILES string of the molecule is CN1CCC2(CCCCN2C)CC1. The average Bonchev–Trinajstić information content (AvgIpc) is 2.15. The van der Waals surface area contributed by atoms with Gasteiger partial charge in [-0.1, -0.05) is 6.42 Å². The Labute approximate surface area is 81.9 Å². The van der Waals surface area contributed by atoms with Gasteiger partial charge < -0.3 is 9.80 Å². The van der Waals surface area contributed by atoms with Gasteiger partial charge in [-0.3, -0.25) is 0 Å². The molecule has 0 aromatic rings. The molecule has 76 valence electrons. The van der Waals surface area contributed by atoms with Crippen LogP contribution in [0.5, 0.6) is 0 Å². The minimum Gasteiger partial charge on any atom is -0.306 e. The molecule has 0 aromatic heterocycles. The van der Waals surface area contributed by atoms with Crippen LogP contribution in [0.1, 0.15) is 32.1 Å². The molecule has 2 fully saturated rings. The molecule has 0 aromatic carbocycles. The minimum absolute atomic E-state index is 0.588. The van der Waals surface area contributed by atoms with Crippen LogP contribution in [-0.4, -0.2) is 49.1 Å². The summed E-state index contributed by atoms with van der Waals surface area (Å²) in [7, 11) is 4.57. The molecule has 1 spiro atoms. The maximum Gasteiger partial charge on any atom is 0.0230 e. The fourth-order valence-corrected chi connectivity index (χ4v) is 2.90. The largest absolute Gasteiger partial charge is 0.306 e. The van der Waals surface area contributed by atoms with Crippen molar-refractivity contribution in [1.29, 1.82) is 0 Å². The second-order valence-corrected chi connectivity index (χ2v) is 4.91. The first-order valence-electron chi connectivity index (χ1n) is 5.63. The molecule has 0 N–H and O–H groups in total. The average molecular weight is 182 g/mol. The Morgan fingerprint density at radius 2 is 1.54 bits per heavy atom. The first kappa shape index (κ1) is 9.47. The van der Waals surface area contributed by atoms with Crippen molar-refractivity contribution in [1.82, 2.24) is 9.80 Å². The maximum atomic E-state index is 2.63. The fourth-order valence-electron chi connectivity index (χ4n) is 2.90. The van der Waals surface area contributed by atoms with Crippen molar-refractivity contribution in [2.75, 3.05) is 33.7 Å². The third-order valence-corrected chi connectivity index (χ3v) is 4.11. The van der Waals surface area contributed by atoms with Gasteiger partial charge in [-0.15, -0.1) is 0 Å². The highest BCUT2D eigenvalue weighted by Crippen LogP contribution is 2.35. The van der Waals surface area contributed by atoms with Gasteiger partial charge in [0.2, 0.25) is 0 Å². The van der Waals surface area contributed by atoms with Gasteiger partial charge in [-0.2, -0.15) is 0 Å². The summed E-state index contributed by atoms with van der Waals surface area (Å²) in [4.78, 5) is 5.09. The standard InChI is InChI=1S/C11H22N2/c1-12-9-6-11(7-10-12)5-3-4-8-13(11)2/h3-10H2,1-2H3. The second-order valence-electron chi connectivity index (χ2n) is 4.91. The Balaban J connectivity index is 2.01. The molecule has 2 nitrogen and oxygen atoms in total. The summed E-state index contributed by atoms with van der Waals surface area (Å²) in [6.45, 7) is 3.92. The Morgan fingerprint density at radius 3 is 2.15 bits per heavy atom. The van der Waals surface area contributed by atoms with Crippen LogP contribution in [0, 0.1) is 0 Å². The van der Waals surface area contributed by atoms with E-state index in [0.29, 0.717) is 5.54 Å². The number of nitrogens with zero attached hydrogens (tertiary/aromatic N) is 2. The normalized spacial score (nSPS) is 30.9. The monoisotopic (exact) mass is 182 g/mol. The van der Waals surface area contributed by atoms with Crippen molar-refractivity contribution in [3.63, 3.8) is 0 Å². The van der Waals surface area contributed by atoms with Crippen molar-refractivity contribution in [2.24, 2.45) is 0 Å². The molecule has 0 amide bonds. The third kappa shape index (κ3) is 1.75. The summed E-state index contributed by atoms with van der Waals surface area (Å²) in [5.74, 6) is 0. The summed E-state index contributed by atoms with van der Waals surface area (Å²) in [5, 5.41) is 0. The summed E-state index contributed by atoms with van der Waals surface area (Å²) < 4.78 is 0. The molecule has 2 saturated heterocycles. The first-order valence-corrected chi connectivity index (χ1v) is 5.63. The lowest BCUT2D eigenvalue weighted by Gasteiger charge is -2.49. The number of hydrogen-bond donors (Lipinski definition) is 0. The topological polar surface area (TPSA) is 6.48 Å². The van der Waals surface area contributed by atoms with Gasteiger partial charge in [-0.25, -0.2) is 0 Å². The van der Waals surface area contributed by atoms with Gasteiger partial charge in [-0.05, 0) is 59.4 Å². The molecule has 2 rings (SSSR count). The third-order valence-electron chi connectivity index (χ3n) is 4.11. The van der Waals surface area contributed by atoms with Crippen LogP contribution in [0.4, 0.5) is 0 Å². The van der Waals surface area contributed by atoms with Crippen LogP contribution >= 0.6 is 0 Å². The lowest BCUT2D eigenvalue weighted by Crippen LogP contribution is -2.55. The van der Waals surface area contributed by atoms with Crippen LogP contribution in [-0.2, 0) is 0 Å². The molecule has 0 bridgehead atoms. The number of likely N-dealkylation sites (tertiary alicyclic amines) is 2. The molecule has 2 aliphatic heterocycles. The fraction of sp³-hybridized carbons (Fsp3) is 1.00. The zero-order valence-electron chi connectivity index (χ0n) is 9.05. The lowest BCUT2D eigenvalue weighted by atomic mass is 9.79. The molecule has 2 heteroatoms. The van der Waals surface area contributed by atoms with Gasteiger partial charge in [0.15, 0.2) is 0 Å². The van der Waals surface area contributed by atoms with Gasteiger partial charge in [0.1, 0.15) is 0 Å². The van der Waals surface area contributed by atoms with Crippen molar-refractivity contribution in [3.05, 3.63) is 0 Å². The van der Waals surface area contributed by atoms with E-state index in [1.807, 2.05) is 0 Å². The zero-order valence-corrected chi connectivity index (χ0v) is 9.05. The van der Waals surface area contributed by atoms with E-state index in [1.54, 1.807) is 0 Å². The first-order chi connectivity index (χ1) is 6.23. The Kier molecular flexibility index (Phi) is 2.61. The van der Waals surface area contributed by atoms with Crippen molar-refractivity contribution in [2.45, 2.75) is 37.6 Å². The predicted octanol–water partition coefficient (Wildman–Crippen LogP) is 1.57. The van der Waals surface area contributed by atoms with Crippen LogP contribution in [0.3, 0.4) is 0 Å². The van der Waals surface area contributed by atoms with E-state index >= 15 is 0 Å². The predicted molar refractivity (Wildman–Crippen MR) is 55.9 cm³/mol. The van der Waals surface area contributed by atoms with Crippen LogP contribution in [0.2, 0.25) is 0 Å². The van der Waals surface area contributed by atoms with E-state index < -0.39 is 0 Å². The molecule has 0 unspecified atom stereocenters. The number of rotatable bonds is 0. The summed E-state index contributed by atoms with van der Waals surface area (Å²) in [5.41, 5.74) is 0.588. The Morgan fingerprint density at radius 1 is 0.846 bits per heavy atom. The molecule has 2 heterocycles. The molecule has 2 aliphatic rings. The van der Waals surface area contributed by atoms with Crippen LogP contribution in [0.15, 0.2) is 0 Å². The van der Waals surface area contributed by atoms with Gasteiger partial charge in [0, 0.05) is 5.54 Å². The van der Waals surface area contributed by atoms with Crippen molar-refractivity contribution < 1.29 is 0 Å². The zero-order chi connectivity index (χ0) is 9.31. The lowest BCUT2D eigenvalue weighted by molar-refractivity contribution is 0.0167. The number of piperidine rings is 2. The van der Waals surface area contributed by atoms with Gasteiger partial charge >= 0.3 is 0 Å². The number of hydrogen-bond acceptors (Lipinski definition) is 2. The molecule has 13 heavy (non-hydrogen) atoms. The minimum atomic E-state index is 0.588. The highest BCUT2D eigenvalue weighted by Gasteiger charge is 2.38.